The number of amides is 1. The first-order chi connectivity index (χ1) is 12.9. The van der Waals surface area contributed by atoms with E-state index in [-0.39, 0.29) is 12.5 Å². The number of anilines is 1. The Kier molecular flexibility index (Phi) is 7.67. The molecule has 0 aromatic heterocycles. The second-order valence-electron chi connectivity index (χ2n) is 6.03. The lowest BCUT2D eigenvalue weighted by molar-refractivity contribution is -0.153. The fraction of sp³-hybridized carbons (Fsp3) is 0.333. The van der Waals surface area contributed by atoms with Gasteiger partial charge in [0.05, 0.1) is 0 Å². The molecule has 0 fully saturated rings. The third-order valence-electron chi connectivity index (χ3n) is 4.07. The number of hydrogen-bond acceptors (Lipinski definition) is 4. The Balaban J connectivity index is 1.89. The van der Waals surface area contributed by atoms with E-state index in [1.807, 2.05) is 32.0 Å². The van der Waals surface area contributed by atoms with Gasteiger partial charge in [-0.3, -0.25) is 4.79 Å². The first kappa shape index (κ1) is 20.8. The molecular formula is C21H24ClNO4. The number of para-hydroxylation sites is 1. The van der Waals surface area contributed by atoms with Gasteiger partial charge in [-0.05, 0) is 55.2 Å². The number of aryl methyl sites for hydroxylation is 2. The number of rotatable bonds is 8. The van der Waals surface area contributed by atoms with Crippen LogP contribution in [-0.4, -0.2) is 24.6 Å². The first-order valence-corrected chi connectivity index (χ1v) is 9.31. The van der Waals surface area contributed by atoms with Crippen molar-refractivity contribution in [2.24, 2.45) is 0 Å². The quantitative estimate of drug-likeness (QED) is 0.679. The minimum atomic E-state index is -0.840. The summed E-state index contributed by atoms with van der Waals surface area (Å²) in [4.78, 5) is 24.3. The molecule has 0 saturated heterocycles. The summed E-state index contributed by atoms with van der Waals surface area (Å²) in [6, 6.07) is 12.6. The normalized spacial score (nSPS) is 11.6. The van der Waals surface area contributed by atoms with E-state index < -0.39 is 12.1 Å². The lowest BCUT2D eigenvalue weighted by Gasteiger charge is -2.16. The van der Waals surface area contributed by atoms with Crippen LogP contribution >= 0.6 is 11.6 Å². The number of carbonyl (C=O) groups excluding carboxylic acids is 2. The fourth-order valence-electron chi connectivity index (χ4n) is 2.60. The maximum atomic E-state index is 12.2. The molecule has 2 aromatic carbocycles. The van der Waals surface area contributed by atoms with Gasteiger partial charge < -0.3 is 14.8 Å². The van der Waals surface area contributed by atoms with Crippen molar-refractivity contribution in [1.82, 2.24) is 0 Å². The lowest BCUT2D eigenvalue weighted by Crippen LogP contribution is -2.30. The second-order valence-corrected chi connectivity index (χ2v) is 6.46. The third kappa shape index (κ3) is 6.00. The van der Waals surface area contributed by atoms with Crippen LogP contribution in [0.15, 0.2) is 42.5 Å². The third-order valence-corrected chi connectivity index (χ3v) is 4.32. The molecule has 27 heavy (non-hydrogen) atoms. The zero-order valence-corrected chi connectivity index (χ0v) is 16.5. The molecule has 1 atom stereocenters. The average molecular weight is 390 g/mol. The minimum Gasteiger partial charge on any atom is -0.479 e. The van der Waals surface area contributed by atoms with Gasteiger partial charge in [-0.25, -0.2) is 4.79 Å². The van der Waals surface area contributed by atoms with Gasteiger partial charge >= 0.3 is 5.97 Å². The van der Waals surface area contributed by atoms with E-state index in [4.69, 9.17) is 21.1 Å². The molecule has 0 saturated carbocycles. The van der Waals surface area contributed by atoms with Crippen LogP contribution in [0.3, 0.4) is 0 Å². The zero-order chi connectivity index (χ0) is 19.8. The Bertz CT molecular complexity index is 767. The molecule has 0 unspecified atom stereocenters. The number of benzene rings is 2. The molecule has 0 aliphatic rings. The highest BCUT2D eigenvalue weighted by Gasteiger charge is 2.18. The van der Waals surface area contributed by atoms with Crippen LogP contribution in [-0.2, 0) is 27.2 Å². The van der Waals surface area contributed by atoms with Crippen LogP contribution in [0.25, 0.3) is 0 Å². The molecule has 2 aromatic rings. The van der Waals surface area contributed by atoms with Crippen molar-refractivity contribution in [1.29, 1.82) is 0 Å². The fourth-order valence-corrected chi connectivity index (χ4v) is 2.72. The largest absolute Gasteiger partial charge is 0.479 e. The molecule has 1 N–H and O–H groups in total. The number of ether oxygens (including phenoxy) is 2. The summed E-state index contributed by atoms with van der Waals surface area (Å²) < 4.78 is 10.6. The molecule has 0 spiro atoms. The van der Waals surface area contributed by atoms with Crippen molar-refractivity contribution < 1.29 is 19.1 Å². The number of carbonyl (C=O) groups is 2. The number of hydrogen-bond donors (Lipinski definition) is 1. The standard InChI is InChI=1S/C21H24ClNO4/c1-4-15-7-6-8-16(5-2)20(15)23-19(24)13-26-21(25)14(3)27-18-11-9-17(22)10-12-18/h6-12,14H,4-5,13H2,1-3H3,(H,23,24)/t14-/m0/s1. The predicted octanol–water partition coefficient (Wildman–Crippen LogP) is 4.41. The molecule has 0 bridgehead atoms. The van der Waals surface area contributed by atoms with Crippen molar-refractivity contribution in [2.75, 3.05) is 11.9 Å². The summed E-state index contributed by atoms with van der Waals surface area (Å²) in [5, 5.41) is 3.44. The maximum absolute atomic E-state index is 12.2. The van der Waals surface area contributed by atoms with E-state index >= 15 is 0 Å². The van der Waals surface area contributed by atoms with Crippen molar-refractivity contribution in [3.05, 3.63) is 58.6 Å². The van der Waals surface area contributed by atoms with E-state index in [1.54, 1.807) is 31.2 Å². The molecular weight excluding hydrogens is 366 g/mol. The monoisotopic (exact) mass is 389 g/mol. The maximum Gasteiger partial charge on any atom is 0.347 e. The van der Waals surface area contributed by atoms with Gasteiger partial charge in [-0.15, -0.1) is 0 Å². The second kappa shape index (κ2) is 9.97. The lowest BCUT2D eigenvalue weighted by atomic mass is 10.0. The van der Waals surface area contributed by atoms with E-state index in [2.05, 4.69) is 5.32 Å². The molecule has 0 radical (unpaired) electrons. The van der Waals surface area contributed by atoms with Gasteiger partial charge in [0.1, 0.15) is 5.75 Å². The van der Waals surface area contributed by atoms with E-state index in [0.29, 0.717) is 10.8 Å². The van der Waals surface area contributed by atoms with Crippen molar-refractivity contribution in [3.63, 3.8) is 0 Å². The van der Waals surface area contributed by atoms with Crippen molar-refractivity contribution in [3.8, 4) is 5.75 Å². The van der Waals surface area contributed by atoms with E-state index in [1.165, 1.54) is 0 Å². The molecule has 0 aliphatic heterocycles. The molecule has 6 heteroatoms. The minimum absolute atomic E-state index is 0.367. The number of esters is 1. The van der Waals surface area contributed by atoms with Gasteiger partial charge in [-0.2, -0.15) is 0 Å². The van der Waals surface area contributed by atoms with Crippen LogP contribution < -0.4 is 10.1 Å². The zero-order valence-electron chi connectivity index (χ0n) is 15.8. The van der Waals surface area contributed by atoms with Gasteiger partial charge in [0.15, 0.2) is 12.7 Å². The number of halogens is 1. The highest BCUT2D eigenvalue weighted by Crippen LogP contribution is 2.22. The van der Waals surface area contributed by atoms with Crippen LogP contribution in [0.2, 0.25) is 5.02 Å². The Morgan fingerprint density at radius 1 is 1.04 bits per heavy atom. The molecule has 0 aliphatic carbocycles. The highest BCUT2D eigenvalue weighted by molar-refractivity contribution is 6.30. The van der Waals surface area contributed by atoms with Crippen LogP contribution in [0.1, 0.15) is 31.9 Å². The number of nitrogens with one attached hydrogen (secondary N) is 1. The first-order valence-electron chi connectivity index (χ1n) is 8.94. The Morgan fingerprint density at radius 3 is 2.19 bits per heavy atom. The van der Waals surface area contributed by atoms with Crippen molar-refractivity contribution >= 4 is 29.2 Å². The summed E-state index contributed by atoms with van der Waals surface area (Å²) in [5.74, 6) is -0.491. The van der Waals surface area contributed by atoms with Gasteiger partial charge in [0.25, 0.3) is 5.91 Å². The van der Waals surface area contributed by atoms with Crippen LogP contribution in [0.5, 0.6) is 5.75 Å². The van der Waals surface area contributed by atoms with Crippen molar-refractivity contribution in [2.45, 2.75) is 39.7 Å². The van der Waals surface area contributed by atoms with Gasteiger partial charge in [0, 0.05) is 10.7 Å². The van der Waals surface area contributed by atoms with Gasteiger partial charge in [-0.1, -0.05) is 43.6 Å². The average Bonchev–Trinajstić information content (AvgIpc) is 2.67. The Labute approximate surface area is 164 Å². The molecule has 144 valence electrons. The Morgan fingerprint density at radius 2 is 1.63 bits per heavy atom. The molecule has 5 nitrogen and oxygen atoms in total. The topological polar surface area (TPSA) is 64.6 Å². The smallest absolute Gasteiger partial charge is 0.347 e. The summed E-state index contributed by atoms with van der Waals surface area (Å²) >= 11 is 5.81. The Hall–Kier alpha value is -2.53. The van der Waals surface area contributed by atoms with E-state index in [9.17, 15) is 9.59 Å². The van der Waals surface area contributed by atoms with E-state index in [0.717, 1.165) is 29.7 Å². The highest BCUT2D eigenvalue weighted by atomic mass is 35.5. The molecule has 1 amide bonds. The summed E-state index contributed by atoms with van der Waals surface area (Å²) in [6.45, 7) is 5.26. The molecule has 2 rings (SSSR count). The van der Waals surface area contributed by atoms with Crippen LogP contribution in [0, 0.1) is 0 Å². The summed E-state index contributed by atoms with van der Waals surface area (Å²) in [6.07, 6.45) is 0.762. The summed E-state index contributed by atoms with van der Waals surface area (Å²) in [7, 11) is 0. The van der Waals surface area contributed by atoms with Crippen LogP contribution in [0.4, 0.5) is 5.69 Å². The SMILES string of the molecule is CCc1cccc(CC)c1NC(=O)COC(=O)[C@H](C)Oc1ccc(Cl)cc1. The predicted molar refractivity (Wildman–Crippen MR) is 106 cm³/mol. The van der Waals surface area contributed by atoms with Gasteiger partial charge in [0.2, 0.25) is 0 Å². The summed E-state index contributed by atoms with van der Waals surface area (Å²) in [5.41, 5.74) is 2.90. The molecule has 0 heterocycles.